The van der Waals surface area contributed by atoms with E-state index >= 15 is 0 Å². The smallest absolute Gasteiger partial charge is 0.0725 e. The Kier molecular flexibility index (Phi) is 9.36. The van der Waals surface area contributed by atoms with Crippen LogP contribution in [-0.4, -0.2) is 15.0 Å². The summed E-state index contributed by atoms with van der Waals surface area (Å²) >= 11 is 0. The van der Waals surface area contributed by atoms with Gasteiger partial charge in [-0.05, 0) is 31.1 Å². The van der Waals surface area contributed by atoms with E-state index in [1.807, 2.05) is 6.20 Å². The molecule has 122 valence electrons. The van der Waals surface area contributed by atoms with Crippen LogP contribution in [0.3, 0.4) is 0 Å². The van der Waals surface area contributed by atoms with Gasteiger partial charge in [-0.3, -0.25) is 0 Å². The zero-order valence-corrected chi connectivity index (χ0v) is 14.6. The van der Waals surface area contributed by atoms with Gasteiger partial charge in [-0.1, -0.05) is 71.4 Å². The van der Waals surface area contributed by atoms with Gasteiger partial charge in [0.05, 0.1) is 11.9 Å². The topological polar surface area (TPSA) is 30.7 Å². The Bertz CT molecular complexity index is 357. The van der Waals surface area contributed by atoms with E-state index in [0.29, 0.717) is 0 Å². The highest BCUT2D eigenvalue weighted by atomic mass is 15.4. The van der Waals surface area contributed by atoms with Gasteiger partial charge < -0.3 is 0 Å². The van der Waals surface area contributed by atoms with Crippen molar-refractivity contribution in [2.45, 2.75) is 92.0 Å². The molecule has 1 rings (SSSR count). The molecule has 21 heavy (non-hydrogen) atoms. The van der Waals surface area contributed by atoms with Crippen molar-refractivity contribution in [3.05, 3.63) is 11.9 Å². The zero-order valence-electron chi connectivity index (χ0n) is 14.6. The molecule has 0 spiro atoms. The summed E-state index contributed by atoms with van der Waals surface area (Å²) in [4.78, 5) is 0. The van der Waals surface area contributed by atoms with Gasteiger partial charge in [0.1, 0.15) is 0 Å². The monoisotopic (exact) mass is 293 g/mol. The summed E-state index contributed by atoms with van der Waals surface area (Å²) in [6, 6.07) is 0. The van der Waals surface area contributed by atoms with Gasteiger partial charge in [0.15, 0.2) is 0 Å². The molecule has 1 unspecified atom stereocenters. The maximum Gasteiger partial charge on any atom is 0.0725 e. The lowest BCUT2D eigenvalue weighted by atomic mass is 10.00. The van der Waals surface area contributed by atoms with Crippen molar-refractivity contribution in [1.82, 2.24) is 15.0 Å². The molecule has 0 aliphatic rings. The summed E-state index contributed by atoms with van der Waals surface area (Å²) in [6.45, 7) is 10.2. The average Bonchev–Trinajstić information content (AvgIpc) is 2.91. The molecule has 0 fully saturated rings. The molecule has 1 atom stereocenters. The number of nitrogens with zero attached hydrogens (tertiary/aromatic N) is 3. The Morgan fingerprint density at radius 1 is 1.00 bits per heavy atom. The molecule has 0 saturated heterocycles. The number of hydrogen-bond acceptors (Lipinski definition) is 2. The van der Waals surface area contributed by atoms with E-state index in [4.69, 9.17) is 0 Å². The molecule has 1 aromatic heterocycles. The number of aromatic nitrogens is 3. The van der Waals surface area contributed by atoms with Crippen molar-refractivity contribution in [3.63, 3.8) is 0 Å². The van der Waals surface area contributed by atoms with Crippen LogP contribution in [0.25, 0.3) is 0 Å². The molecule has 0 N–H and O–H groups in total. The lowest BCUT2D eigenvalue weighted by molar-refractivity contribution is 0.459. The van der Waals surface area contributed by atoms with Gasteiger partial charge in [-0.15, -0.1) is 5.10 Å². The lowest BCUT2D eigenvalue weighted by Crippen LogP contribution is -2.06. The summed E-state index contributed by atoms with van der Waals surface area (Å²) < 4.78 is 2.11. The minimum atomic E-state index is 0.749. The van der Waals surface area contributed by atoms with E-state index in [2.05, 4.69) is 42.7 Å². The summed E-state index contributed by atoms with van der Waals surface area (Å²) in [6.07, 6.45) is 13.7. The summed E-state index contributed by atoms with van der Waals surface area (Å²) in [7, 11) is 0. The molecule has 0 aromatic carbocycles. The second kappa shape index (κ2) is 10.8. The summed E-state index contributed by atoms with van der Waals surface area (Å²) in [5.74, 6) is 1.66. The molecule has 0 radical (unpaired) electrons. The predicted molar refractivity (Wildman–Crippen MR) is 90.3 cm³/mol. The van der Waals surface area contributed by atoms with Crippen LogP contribution in [0.1, 0.15) is 84.8 Å². The Hall–Kier alpha value is -0.860. The van der Waals surface area contributed by atoms with Crippen LogP contribution in [0.4, 0.5) is 0 Å². The van der Waals surface area contributed by atoms with Crippen LogP contribution in [-0.2, 0) is 13.0 Å². The van der Waals surface area contributed by atoms with E-state index in [1.165, 1.54) is 57.1 Å². The maximum absolute atomic E-state index is 4.23. The predicted octanol–water partition coefficient (Wildman–Crippen LogP) is 5.25. The average molecular weight is 293 g/mol. The third-order valence-electron chi connectivity index (χ3n) is 4.44. The maximum atomic E-state index is 4.23. The minimum absolute atomic E-state index is 0.749. The first-order valence-electron chi connectivity index (χ1n) is 9.00. The fourth-order valence-electron chi connectivity index (χ4n) is 2.59. The molecule has 1 heterocycles. The molecule has 3 heteroatoms. The zero-order chi connectivity index (χ0) is 15.5. The Balaban J connectivity index is 2.09. The van der Waals surface area contributed by atoms with Crippen LogP contribution < -0.4 is 0 Å². The highest BCUT2D eigenvalue weighted by Crippen LogP contribution is 2.14. The van der Waals surface area contributed by atoms with Gasteiger partial charge in [-0.2, -0.15) is 0 Å². The Labute approximate surface area is 131 Å². The van der Waals surface area contributed by atoms with Crippen LogP contribution >= 0.6 is 0 Å². The molecule has 0 aliphatic carbocycles. The normalized spacial score (nSPS) is 13.0. The number of unbranched alkanes of at least 4 members (excludes halogenated alkanes) is 4. The van der Waals surface area contributed by atoms with Crippen molar-refractivity contribution in [2.75, 3.05) is 0 Å². The van der Waals surface area contributed by atoms with Crippen molar-refractivity contribution in [2.24, 2.45) is 11.8 Å². The molecular weight excluding hydrogens is 258 g/mol. The number of hydrogen-bond donors (Lipinski definition) is 0. The molecule has 0 bridgehead atoms. The largest absolute Gasteiger partial charge is 0.249 e. The van der Waals surface area contributed by atoms with Gasteiger partial charge in [0, 0.05) is 6.54 Å². The molecule has 0 amide bonds. The number of aryl methyl sites for hydroxylation is 2. The Morgan fingerprint density at radius 3 is 2.43 bits per heavy atom. The van der Waals surface area contributed by atoms with Crippen LogP contribution in [0, 0.1) is 11.8 Å². The summed E-state index contributed by atoms with van der Waals surface area (Å²) in [5, 5.41) is 8.30. The van der Waals surface area contributed by atoms with Gasteiger partial charge in [0.25, 0.3) is 0 Å². The van der Waals surface area contributed by atoms with E-state index in [1.54, 1.807) is 0 Å². The summed E-state index contributed by atoms with van der Waals surface area (Å²) in [5.41, 5.74) is 1.31. The van der Waals surface area contributed by atoms with Gasteiger partial charge in [-0.25, -0.2) is 4.68 Å². The van der Waals surface area contributed by atoms with Crippen LogP contribution in [0.2, 0.25) is 0 Å². The van der Waals surface area contributed by atoms with Crippen molar-refractivity contribution < 1.29 is 0 Å². The highest BCUT2D eigenvalue weighted by Gasteiger charge is 2.05. The van der Waals surface area contributed by atoms with E-state index in [0.717, 1.165) is 24.8 Å². The van der Waals surface area contributed by atoms with E-state index in [9.17, 15) is 0 Å². The van der Waals surface area contributed by atoms with E-state index in [-0.39, 0.29) is 0 Å². The fourth-order valence-corrected chi connectivity index (χ4v) is 2.59. The molecule has 0 aliphatic heterocycles. The van der Waals surface area contributed by atoms with E-state index < -0.39 is 0 Å². The molecular formula is C18H35N3. The molecule has 1 aromatic rings. The standard InChI is InChI=1S/C18H35N3/c1-5-17(4)11-9-7-6-8-10-14-21-18(15-19-20-21)13-12-16(2)3/h15-17H,5-14H2,1-4H3. The minimum Gasteiger partial charge on any atom is -0.249 e. The third-order valence-corrected chi connectivity index (χ3v) is 4.44. The quantitative estimate of drug-likeness (QED) is 0.492. The van der Waals surface area contributed by atoms with Crippen molar-refractivity contribution >= 4 is 0 Å². The van der Waals surface area contributed by atoms with Gasteiger partial charge in [0.2, 0.25) is 0 Å². The third kappa shape index (κ3) is 8.23. The molecule has 3 nitrogen and oxygen atoms in total. The Morgan fingerprint density at radius 2 is 1.71 bits per heavy atom. The van der Waals surface area contributed by atoms with Crippen molar-refractivity contribution in [3.8, 4) is 0 Å². The first-order chi connectivity index (χ1) is 10.1. The lowest BCUT2D eigenvalue weighted by Gasteiger charge is -2.09. The van der Waals surface area contributed by atoms with Gasteiger partial charge >= 0.3 is 0 Å². The second-order valence-electron chi connectivity index (χ2n) is 6.95. The first-order valence-corrected chi connectivity index (χ1v) is 9.00. The first kappa shape index (κ1) is 18.2. The molecule has 0 saturated carbocycles. The fraction of sp³-hybridized carbons (Fsp3) is 0.889. The SMILES string of the molecule is CCC(C)CCCCCCCn1nncc1CCC(C)C. The highest BCUT2D eigenvalue weighted by molar-refractivity contribution is 4.94. The number of rotatable bonds is 12. The van der Waals surface area contributed by atoms with Crippen LogP contribution in [0.15, 0.2) is 6.20 Å². The van der Waals surface area contributed by atoms with Crippen molar-refractivity contribution in [1.29, 1.82) is 0 Å². The second-order valence-corrected chi connectivity index (χ2v) is 6.95. The van der Waals surface area contributed by atoms with Crippen LogP contribution in [0.5, 0.6) is 0 Å².